The predicted octanol–water partition coefficient (Wildman–Crippen LogP) is 4.71. The molecular weight excluding hydrogens is 464 g/mol. The standard InChI is InChI=1S/C22H20N4O5S2/c1-4-31-21(28)19-14(2)24(16-8-6-5-7-9-16)22(32-19)25(23-20(33-22)15(3)27)17-10-12-18(13-11-17)26(29)30/h5-13H,4H2,1-3H3/t22-/m0/s1. The van der Waals surface area contributed by atoms with Crippen LogP contribution in [-0.4, -0.2) is 32.7 Å². The Bertz CT molecular complexity index is 1180. The van der Waals surface area contributed by atoms with E-state index in [1.165, 1.54) is 42.6 Å². The molecule has 0 saturated heterocycles. The number of para-hydroxylation sites is 1. The van der Waals surface area contributed by atoms with Crippen LogP contribution in [-0.2, 0) is 14.3 Å². The molecule has 1 atom stereocenters. The highest BCUT2D eigenvalue weighted by Gasteiger charge is 2.58. The number of carbonyl (C=O) groups excluding carboxylic acids is 2. The van der Waals surface area contributed by atoms with Crippen molar-refractivity contribution in [2.75, 3.05) is 16.5 Å². The normalized spacial score (nSPS) is 19.8. The van der Waals surface area contributed by atoms with Gasteiger partial charge in [0.25, 0.3) is 5.69 Å². The second-order valence-electron chi connectivity index (χ2n) is 7.11. The molecule has 170 valence electrons. The molecule has 1 spiro atoms. The summed E-state index contributed by atoms with van der Waals surface area (Å²) in [5.74, 6) is -0.682. The van der Waals surface area contributed by atoms with Gasteiger partial charge in [0.15, 0.2) is 10.8 Å². The average molecular weight is 485 g/mol. The van der Waals surface area contributed by atoms with Gasteiger partial charge in [-0.15, -0.1) is 0 Å². The molecule has 4 rings (SSSR count). The first-order valence-electron chi connectivity index (χ1n) is 10.0. The summed E-state index contributed by atoms with van der Waals surface area (Å²) in [4.78, 5) is 38.2. The summed E-state index contributed by atoms with van der Waals surface area (Å²) in [5.41, 5.74) is 1.93. The number of thioether (sulfide) groups is 2. The lowest BCUT2D eigenvalue weighted by molar-refractivity contribution is -0.384. The molecule has 0 unspecified atom stereocenters. The number of carbonyl (C=O) groups is 2. The smallest absolute Gasteiger partial charge is 0.346 e. The number of hydrazone groups is 1. The van der Waals surface area contributed by atoms with Gasteiger partial charge >= 0.3 is 5.97 Å². The SMILES string of the molecule is CCOC(=O)C1=C(C)N(c2ccccc2)[C@@]2(SC(C(C)=O)=NN2c2ccc([N+](=O)[O-])cc2)S1. The van der Waals surface area contributed by atoms with Gasteiger partial charge in [0, 0.05) is 30.4 Å². The van der Waals surface area contributed by atoms with Crippen LogP contribution in [0.2, 0.25) is 0 Å². The molecule has 33 heavy (non-hydrogen) atoms. The number of hydrogen-bond donors (Lipinski definition) is 0. The van der Waals surface area contributed by atoms with Crippen molar-refractivity contribution < 1.29 is 19.2 Å². The summed E-state index contributed by atoms with van der Waals surface area (Å²) in [6, 6.07) is 15.4. The Morgan fingerprint density at radius 1 is 1.09 bits per heavy atom. The molecule has 0 bridgehead atoms. The third-order valence-electron chi connectivity index (χ3n) is 4.95. The number of benzene rings is 2. The summed E-state index contributed by atoms with van der Waals surface area (Å²) in [7, 11) is 0. The Kier molecular flexibility index (Phi) is 6.17. The van der Waals surface area contributed by atoms with Gasteiger partial charge in [0.1, 0.15) is 4.91 Å². The maximum atomic E-state index is 12.8. The highest BCUT2D eigenvalue weighted by molar-refractivity contribution is 8.29. The molecule has 11 heteroatoms. The van der Waals surface area contributed by atoms with E-state index in [9.17, 15) is 19.7 Å². The highest BCUT2D eigenvalue weighted by Crippen LogP contribution is 2.60. The summed E-state index contributed by atoms with van der Waals surface area (Å²) in [6.45, 7) is 5.21. The van der Waals surface area contributed by atoms with E-state index >= 15 is 0 Å². The predicted molar refractivity (Wildman–Crippen MR) is 130 cm³/mol. The first kappa shape index (κ1) is 22.9. The Morgan fingerprint density at radius 2 is 1.76 bits per heavy atom. The minimum atomic E-state index is -1.08. The van der Waals surface area contributed by atoms with E-state index in [1.54, 1.807) is 24.1 Å². The van der Waals surface area contributed by atoms with Crippen molar-refractivity contribution in [1.82, 2.24) is 0 Å². The van der Waals surface area contributed by atoms with Gasteiger partial charge < -0.3 is 9.64 Å². The molecule has 2 aromatic carbocycles. The second-order valence-corrected chi connectivity index (χ2v) is 9.71. The summed E-state index contributed by atoms with van der Waals surface area (Å²) in [6.07, 6.45) is 0. The van der Waals surface area contributed by atoms with Gasteiger partial charge in [-0.25, -0.2) is 9.80 Å². The number of ketones is 1. The van der Waals surface area contributed by atoms with Crippen molar-refractivity contribution >= 4 is 57.4 Å². The maximum absolute atomic E-state index is 12.8. The largest absolute Gasteiger partial charge is 0.462 e. The van der Waals surface area contributed by atoms with Crippen molar-refractivity contribution in [3.8, 4) is 0 Å². The van der Waals surface area contributed by atoms with Crippen molar-refractivity contribution in [1.29, 1.82) is 0 Å². The van der Waals surface area contributed by atoms with Crippen LogP contribution in [0.3, 0.4) is 0 Å². The summed E-state index contributed by atoms with van der Waals surface area (Å²) < 4.78 is 4.21. The number of rotatable bonds is 6. The molecule has 9 nitrogen and oxygen atoms in total. The number of nitro groups is 1. The summed E-state index contributed by atoms with van der Waals surface area (Å²) >= 11 is 2.45. The van der Waals surface area contributed by atoms with Gasteiger partial charge in [0.2, 0.25) is 4.33 Å². The van der Waals surface area contributed by atoms with E-state index in [0.717, 1.165) is 5.69 Å². The number of nitro benzene ring substituents is 1. The summed E-state index contributed by atoms with van der Waals surface area (Å²) in [5, 5.41) is 17.6. The number of Topliss-reactive ketones (excluding diaryl/α,β-unsaturated/α-hetero) is 1. The van der Waals surface area contributed by atoms with Crippen LogP contribution in [0.1, 0.15) is 20.8 Å². The van der Waals surface area contributed by atoms with Gasteiger partial charge in [-0.3, -0.25) is 14.9 Å². The molecule has 2 aromatic rings. The molecular formula is C22H20N4O5S2. The molecule has 0 aliphatic carbocycles. The topological polar surface area (TPSA) is 105 Å². The fourth-order valence-electron chi connectivity index (χ4n) is 3.51. The zero-order chi connectivity index (χ0) is 23.8. The number of non-ortho nitro benzene ring substituents is 1. The van der Waals surface area contributed by atoms with E-state index in [-0.39, 0.29) is 23.1 Å². The van der Waals surface area contributed by atoms with Crippen LogP contribution in [0.15, 0.2) is 70.3 Å². The van der Waals surface area contributed by atoms with E-state index in [4.69, 9.17) is 4.74 Å². The zero-order valence-electron chi connectivity index (χ0n) is 18.0. The Morgan fingerprint density at radius 3 is 2.33 bits per heavy atom. The third kappa shape index (κ3) is 3.98. The maximum Gasteiger partial charge on any atom is 0.346 e. The monoisotopic (exact) mass is 484 g/mol. The number of esters is 1. The number of hydrogen-bond acceptors (Lipinski definition) is 10. The molecule has 2 aliphatic heterocycles. The van der Waals surface area contributed by atoms with Crippen LogP contribution in [0, 0.1) is 10.1 Å². The quantitative estimate of drug-likeness (QED) is 0.327. The first-order valence-corrected chi connectivity index (χ1v) is 11.7. The fourth-order valence-corrected chi connectivity index (χ4v) is 6.46. The van der Waals surface area contributed by atoms with Crippen molar-refractivity contribution in [2.45, 2.75) is 25.1 Å². The van der Waals surface area contributed by atoms with E-state index in [2.05, 4.69) is 5.10 Å². The number of allylic oxidation sites excluding steroid dienone is 1. The van der Waals surface area contributed by atoms with E-state index in [0.29, 0.717) is 16.3 Å². The van der Waals surface area contributed by atoms with Gasteiger partial charge in [-0.1, -0.05) is 30.0 Å². The number of ether oxygens (including phenoxy) is 1. The Hall–Kier alpha value is -3.31. The van der Waals surface area contributed by atoms with Crippen molar-refractivity contribution in [3.63, 3.8) is 0 Å². The minimum Gasteiger partial charge on any atom is -0.462 e. The Labute approximate surface area is 198 Å². The van der Waals surface area contributed by atoms with Crippen LogP contribution < -0.4 is 9.91 Å². The van der Waals surface area contributed by atoms with Crippen molar-refractivity contribution in [2.24, 2.45) is 5.10 Å². The fraction of sp³-hybridized carbons (Fsp3) is 0.227. The molecule has 0 fully saturated rings. The van der Waals surface area contributed by atoms with Gasteiger partial charge in [0.05, 0.1) is 17.2 Å². The van der Waals surface area contributed by atoms with Crippen LogP contribution in [0.4, 0.5) is 17.1 Å². The lowest BCUT2D eigenvalue weighted by atomic mass is 10.2. The minimum absolute atomic E-state index is 0.0593. The van der Waals surface area contributed by atoms with Crippen LogP contribution in [0.5, 0.6) is 0 Å². The zero-order valence-corrected chi connectivity index (χ0v) is 19.7. The van der Waals surface area contributed by atoms with E-state index < -0.39 is 15.2 Å². The van der Waals surface area contributed by atoms with Crippen LogP contribution in [0.25, 0.3) is 0 Å². The molecule has 2 aliphatic rings. The van der Waals surface area contributed by atoms with Crippen molar-refractivity contribution in [3.05, 3.63) is 75.3 Å². The number of nitrogens with zero attached hydrogens (tertiary/aromatic N) is 4. The molecule has 0 radical (unpaired) electrons. The van der Waals surface area contributed by atoms with Crippen LogP contribution >= 0.6 is 23.5 Å². The van der Waals surface area contributed by atoms with Gasteiger partial charge in [-0.2, -0.15) is 5.10 Å². The number of anilines is 2. The first-order chi connectivity index (χ1) is 15.8. The average Bonchev–Trinajstić information content (AvgIpc) is 3.32. The molecule has 2 heterocycles. The van der Waals surface area contributed by atoms with E-state index in [1.807, 2.05) is 42.2 Å². The molecule has 0 aromatic heterocycles. The molecule has 0 N–H and O–H groups in total. The van der Waals surface area contributed by atoms with Gasteiger partial charge in [-0.05, 0) is 49.9 Å². The highest BCUT2D eigenvalue weighted by atomic mass is 32.2. The third-order valence-corrected chi connectivity index (χ3v) is 7.92. The lowest BCUT2D eigenvalue weighted by Crippen LogP contribution is -2.49. The lowest BCUT2D eigenvalue weighted by Gasteiger charge is -2.41. The second kappa shape index (κ2) is 8.91. The Balaban J connectivity index is 1.88. The molecule has 0 saturated carbocycles. The molecule has 0 amide bonds.